The molecule has 0 spiro atoms. The number of anilines is 1. The van der Waals surface area contributed by atoms with Crippen LogP contribution in [0.5, 0.6) is 5.88 Å². The molecule has 19 heavy (non-hydrogen) atoms. The summed E-state index contributed by atoms with van der Waals surface area (Å²) in [5, 5.41) is 1.04. The van der Waals surface area contributed by atoms with Gasteiger partial charge in [0.2, 0.25) is 11.8 Å². The van der Waals surface area contributed by atoms with Crippen LogP contribution in [0.15, 0.2) is 30.5 Å². The Bertz CT molecular complexity index is 576. The van der Waals surface area contributed by atoms with Gasteiger partial charge < -0.3 is 9.64 Å². The molecule has 100 valence electrons. The minimum Gasteiger partial charge on any atom is -0.473 e. The number of ether oxygens (including phenoxy) is 1. The number of aromatic nitrogens is 2. The molecule has 1 aromatic heterocycles. The normalized spacial score (nSPS) is 10.3. The zero-order valence-electron chi connectivity index (χ0n) is 10.6. The van der Waals surface area contributed by atoms with Crippen molar-refractivity contribution in [2.45, 2.75) is 6.61 Å². The van der Waals surface area contributed by atoms with Crippen LogP contribution < -0.4 is 9.64 Å². The van der Waals surface area contributed by atoms with Crippen LogP contribution in [-0.4, -0.2) is 24.1 Å². The van der Waals surface area contributed by atoms with E-state index in [9.17, 15) is 0 Å². The van der Waals surface area contributed by atoms with E-state index >= 15 is 0 Å². The summed E-state index contributed by atoms with van der Waals surface area (Å²) in [6.45, 7) is 0.376. The van der Waals surface area contributed by atoms with Crippen LogP contribution in [0.2, 0.25) is 10.0 Å². The van der Waals surface area contributed by atoms with Gasteiger partial charge in [0.25, 0.3) is 0 Å². The summed E-state index contributed by atoms with van der Waals surface area (Å²) in [5.74, 6) is 1.12. The van der Waals surface area contributed by atoms with E-state index in [0.29, 0.717) is 28.5 Å². The van der Waals surface area contributed by atoms with Crippen molar-refractivity contribution in [3.8, 4) is 5.88 Å². The second kappa shape index (κ2) is 6.08. The smallest absolute Gasteiger partial charge is 0.228 e. The highest BCUT2D eigenvalue weighted by Gasteiger charge is 2.04. The van der Waals surface area contributed by atoms with Crippen molar-refractivity contribution in [2.75, 3.05) is 19.0 Å². The third kappa shape index (κ3) is 3.72. The van der Waals surface area contributed by atoms with Crippen molar-refractivity contribution in [1.29, 1.82) is 0 Å². The molecule has 0 aliphatic carbocycles. The Hall–Kier alpha value is -1.52. The molecule has 2 aromatic rings. The monoisotopic (exact) mass is 297 g/mol. The first-order valence-electron chi connectivity index (χ1n) is 5.63. The minimum absolute atomic E-state index is 0.376. The lowest BCUT2D eigenvalue weighted by molar-refractivity contribution is 0.293. The fraction of sp³-hybridized carbons (Fsp3) is 0.231. The number of nitrogens with zero attached hydrogens (tertiary/aromatic N) is 3. The topological polar surface area (TPSA) is 38.2 Å². The summed E-state index contributed by atoms with van der Waals surface area (Å²) >= 11 is 11.8. The summed E-state index contributed by atoms with van der Waals surface area (Å²) in [4.78, 5) is 10.2. The Labute approximate surface area is 122 Å². The summed E-state index contributed by atoms with van der Waals surface area (Å²) in [6, 6.07) is 7.10. The number of hydrogen-bond acceptors (Lipinski definition) is 4. The molecule has 2 rings (SSSR count). The first kappa shape index (κ1) is 13.9. The Balaban J connectivity index is 2.05. The van der Waals surface area contributed by atoms with Crippen LogP contribution in [0.4, 0.5) is 5.95 Å². The highest BCUT2D eigenvalue weighted by Crippen LogP contribution is 2.23. The molecule has 0 amide bonds. The highest BCUT2D eigenvalue weighted by molar-refractivity contribution is 6.42. The Kier molecular flexibility index (Phi) is 4.45. The molecule has 0 aliphatic rings. The van der Waals surface area contributed by atoms with Gasteiger partial charge in [-0.25, -0.2) is 4.98 Å². The van der Waals surface area contributed by atoms with Gasteiger partial charge in [-0.3, -0.25) is 0 Å². The Morgan fingerprint density at radius 3 is 2.63 bits per heavy atom. The van der Waals surface area contributed by atoms with E-state index in [2.05, 4.69) is 9.97 Å². The molecule has 0 atom stereocenters. The number of rotatable bonds is 4. The van der Waals surface area contributed by atoms with Gasteiger partial charge in [-0.15, -0.1) is 0 Å². The lowest BCUT2D eigenvalue weighted by Crippen LogP contribution is -2.12. The van der Waals surface area contributed by atoms with E-state index < -0.39 is 0 Å². The van der Waals surface area contributed by atoms with Crippen LogP contribution in [0.3, 0.4) is 0 Å². The van der Waals surface area contributed by atoms with Gasteiger partial charge in [0.1, 0.15) is 6.61 Å². The van der Waals surface area contributed by atoms with Crippen molar-refractivity contribution in [1.82, 2.24) is 9.97 Å². The van der Waals surface area contributed by atoms with Crippen molar-refractivity contribution < 1.29 is 4.74 Å². The van der Waals surface area contributed by atoms with Crippen molar-refractivity contribution >= 4 is 29.2 Å². The molecule has 0 aliphatic heterocycles. The summed E-state index contributed by atoms with van der Waals surface area (Å²) < 4.78 is 5.60. The fourth-order valence-electron chi connectivity index (χ4n) is 1.41. The molecular weight excluding hydrogens is 285 g/mol. The zero-order chi connectivity index (χ0) is 13.8. The Morgan fingerprint density at radius 1 is 1.16 bits per heavy atom. The molecule has 0 unspecified atom stereocenters. The summed E-state index contributed by atoms with van der Waals surface area (Å²) in [5.41, 5.74) is 0.930. The molecule has 6 heteroatoms. The zero-order valence-corrected chi connectivity index (χ0v) is 12.1. The number of hydrogen-bond donors (Lipinski definition) is 0. The second-order valence-electron chi connectivity index (χ2n) is 4.13. The van der Waals surface area contributed by atoms with Crippen molar-refractivity contribution in [2.24, 2.45) is 0 Å². The summed E-state index contributed by atoms with van der Waals surface area (Å²) in [6.07, 6.45) is 1.66. The summed E-state index contributed by atoms with van der Waals surface area (Å²) in [7, 11) is 3.75. The minimum atomic E-state index is 0.376. The highest BCUT2D eigenvalue weighted by atomic mass is 35.5. The molecule has 1 aromatic carbocycles. The number of benzene rings is 1. The largest absolute Gasteiger partial charge is 0.473 e. The molecule has 0 saturated carbocycles. The quantitative estimate of drug-likeness (QED) is 0.867. The van der Waals surface area contributed by atoms with E-state index in [1.807, 2.05) is 25.1 Å². The molecule has 0 saturated heterocycles. The van der Waals surface area contributed by atoms with Crippen LogP contribution >= 0.6 is 23.2 Å². The van der Waals surface area contributed by atoms with Gasteiger partial charge in [-0.05, 0) is 17.7 Å². The molecular formula is C13H13Cl2N3O. The van der Waals surface area contributed by atoms with Gasteiger partial charge >= 0.3 is 0 Å². The van der Waals surface area contributed by atoms with Gasteiger partial charge in [-0.2, -0.15) is 4.98 Å². The van der Waals surface area contributed by atoms with E-state index in [1.54, 1.807) is 24.4 Å². The predicted octanol–water partition coefficient (Wildman–Crippen LogP) is 3.43. The van der Waals surface area contributed by atoms with Crippen molar-refractivity contribution in [3.05, 3.63) is 46.1 Å². The molecule has 4 nitrogen and oxygen atoms in total. The average Bonchev–Trinajstić information content (AvgIpc) is 2.40. The van der Waals surface area contributed by atoms with Crippen LogP contribution in [0.1, 0.15) is 5.56 Å². The predicted molar refractivity (Wildman–Crippen MR) is 77.2 cm³/mol. The third-order valence-electron chi connectivity index (χ3n) is 2.39. The molecule has 0 fully saturated rings. The standard InChI is InChI=1S/C13H13Cl2N3O/c1-18(2)13-16-6-5-12(17-13)19-8-9-3-4-10(14)11(15)7-9/h3-7H,8H2,1-2H3. The fourth-order valence-corrected chi connectivity index (χ4v) is 1.74. The lowest BCUT2D eigenvalue weighted by atomic mass is 10.2. The first-order chi connectivity index (χ1) is 9.06. The maximum atomic E-state index is 5.94. The maximum absolute atomic E-state index is 5.94. The molecule has 0 radical (unpaired) electrons. The van der Waals surface area contributed by atoms with E-state index in [1.165, 1.54) is 0 Å². The van der Waals surface area contributed by atoms with E-state index in [0.717, 1.165) is 5.56 Å². The SMILES string of the molecule is CN(C)c1nccc(OCc2ccc(Cl)c(Cl)c2)n1. The average molecular weight is 298 g/mol. The number of halogens is 2. The van der Waals surface area contributed by atoms with Crippen LogP contribution in [0, 0.1) is 0 Å². The van der Waals surface area contributed by atoms with Crippen LogP contribution in [-0.2, 0) is 6.61 Å². The van der Waals surface area contributed by atoms with Gasteiger partial charge in [-0.1, -0.05) is 29.3 Å². The lowest BCUT2D eigenvalue weighted by Gasteiger charge is -2.11. The molecule has 0 N–H and O–H groups in total. The van der Waals surface area contributed by atoms with E-state index in [-0.39, 0.29) is 0 Å². The molecule has 1 heterocycles. The van der Waals surface area contributed by atoms with Gasteiger partial charge in [0.05, 0.1) is 10.0 Å². The van der Waals surface area contributed by atoms with Crippen LogP contribution in [0.25, 0.3) is 0 Å². The van der Waals surface area contributed by atoms with Gasteiger partial charge in [0.15, 0.2) is 0 Å². The van der Waals surface area contributed by atoms with Gasteiger partial charge in [0, 0.05) is 26.4 Å². The maximum Gasteiger partial charge on any atom is 0.228 e. The van der Waals surface area contributed by atoms with E-state index in [4.69, 9.17) is 27.9 Å². The first-order valence-corrected chi connectivity index (χ1v) is 6.39. The molecule has 0 bridgehead atoms. The Morgan fingerprint density at radius 2 is 1.95 bits per heavy atom. The second-order valence-corrected chi connectivity index (χ2v) is 4.94. The van der Waals surface area contributed by atoms with Crippen molar-refractivity contribution in [3.63, 3.8) is 0 Å². The third-order valence-corrected chi connectivity index (χ3v) is 3.13.